The molecule has 0 radical (unpaired) electrons. The van der Waals surface area contributed by atoms with Gasteiger partial charge in [0.25, 0.3) is 10.1 Å². The summed E-state index contributed by atoms with van der Waals surface area (Å²) in [6.45, 7) is 12.6. The van der Waals surface area contributed by atoms with Gasteiger partial charge in [-0.2, -0.15) is 8.42 Å². The number of hydroxylamine groups is 2. The van der Waals surface area contributed by atoms with Crippen molar-refractivity contribution >= 4 is 15.8 Å². The molecule has 0 amide bonds. The summed E-state index contributed by atoms with van der Waals surface area (Å²) in [4.78, 5) is -0.0666. The molecular formula is C22H34N2O4S+2. The van der Waals surface area contributed by atoms with Gasteiger partial charge in [-0.3, -0.25) is 4.55 Å². The maximum absolute atomic E-state index is 10.9. The van der Waals surface area contributed by atoms with Crippen LogP contribution >= 0.6 is 0 Å². The Balaban J connectivity index is 0.000000234. The van der Waals surface area contributed by atoms with E-state index in [0.29, 0.717) is 0 Å². The van der Waals surface area contributed by atoms with Crippen molar-refractivity contribution in [2.24, 2.45) is 0 Å². The minimum atomic E-state index is -4.02. The minimum Gasteiger partial charge on any atom is -0.319 e. The van der Waals surface area contributed by atoms with E-state index in [-0.39, 0.29) is 9.54 Å². The zero-order valence-corrected chi connectivity index (χ0v) is 18.5. The number of quaternary nitrogens is 2. The molecule has 0 saturated carbocycles. The van der Waals surface area contributed by atoms with Gasteiger partial charge in [0.2, 0.25) is 0 Å². The van der Waals surface area contributed by atoms with E-state index in [1.54, 1.807) is 12.1 Å². The molecule has 1 unspecified atom stereocenters. The van der Waals surface area contributed by atoms with Crippen molar-refractivity contribution in [1.82, 2.24) is 4.65 Å². The Bertz CT molecular complexity index is 865. The van der Waals surface area contributed by atoms with Crippen molar-refractivity contribution in [2.75, 3.05) is 39.3 Å². The fraction of sp³-hybridized carbons (Fsp3) is 0.455. The molecule has 29 heavy (non-hydrogen) atoms. The van der Waals surface area contributed by atoms with Crippen LogP contribution in [0.3, 0.4) is 0 Å². The number of aryl methyl sites for hydroxylation is 1. The summed E-state index contributed by atoms with van der Waals surface area (Å²) in [7, 11) is -4.02. The van der Waals surface area contributed by atoms with Crippen LogP contribution in [0.4, 0.5) is 5.69 Å². The summed E-state index contributed by atoms with van der Waals surface area (Å²) in [5.74, 6) is 0. The zero-order valence-electron chi connectivity index (χ0n) is 17.7. The van der Waals surface area contributed by atoms with E-state index in [1.165, 1.54) is 31.8 Å². The molecule has 3 rings (SSSR count). The topological polar surface area (TPSA) is 74.6 Å². The van der Waals surface area contributed by atoms with Crippen LogP contribution in [0.25, 0.3) is 0 Å². The van der Waals surface area contributed by atoms with E-state index in [0.717, 1.165) is 41.8 Å². The molecule has 7 heteroatoms. The first kappa shape index (κ1) is 23.5. The van der Waals surface area contributed by atoms with Crippen LogP contribution in [0.2, 0.25) is 0 Å². The highest BCUT2D eigenvalue weighted by Crippen LogP contribution is 2.24. The lowest BCUT2D eigenvalue weighted by molar-refractivity contribution is -0.923. The Labute approximate surface area is 174 Å². The number of para-hydroxylation sites is 1. The van der Waals surface area contributed by atoms with Gasteiger partial charge in [-0.15, -0.1) is 4.65 Å². The summed E-state index contributed by atoms with van der Waals surface area (Å²) >= 11 is 0. The quantitative estimate of drug-likeness (QED) is 0.579. The first-order valence-corrected chi connectivity index (χ1v) is 11.6. The lowest BCUT2D eigenvalue weighted by atomic mass is 10.2. The van der Waals surface area contributed by atoms with Crippen LogP contribution in [0.5, 0.6) is 0 Å². The number of benzene rings is 2. The van der Waals surface area contributed by atoms with Gasteiger partial charge in [0.05, 0.1) is 24.5 Å². The van der Waals surface area contributed by atoms with Crippen molar-refractivity contribution in [3.05, 3.63) is 60.2 Å². The molecule has 0 aliphatic carbocycles. The van der Waals surface area contributed by atoms with Crippen LogP contribution in [0.15, 0.2) is 59.5 Å². The third-order valence-corrected chi connectivity index (χ3v) is 6.87. The summed E-state index contributed by atoms with van der Waals surface area (Å²) in [6.07, 6.45) is 1.09. The summed E-state index contributed by atoms with van der Waals surface area (Å²) in [5.41, 5.74) is 1.99. The third kappa shape index (κ3) is 6.35. The Morgan fingerprint density at radius 3 is 1.97 bits per heavy atom. The van der Waals surface area contributed by atoms with Gasteiger partial charge in [0.1, 0.15) is 13.1 Å². The van der Waals surface area contributed by atoms with Gasteiger partial charge in [0, 0.05) is 18.6 Å². The average Bonchev–Trinajstić information content (AvgIpc) is 2.89. The first-order chi connectivity index (χ1) is 13.6. The predicted octanol–water partition coefficient (Wildman–Crippen LogP) is 3.89. The second kappa shape index (κ2) is 9.82. The normalized spacial score (nSPS) is 21.6. The SMILES string of the molecule is CC[N+]1(CC)CCC[N+](O)(c2ccccc2)CC1.Cc1ccc(S(=O)(=O)O)cc1. The van der Waals surface area contributed by atoms with Crippen LogP contribution in [-0.4, -0.2) is 61.9 Å². The molecule has 1 aliphatic heterocycles. The first-order valence-electron chi connectivity index (χ1n) is 10.2. The van der Waals surface area contributed by atoms with Crippen molar-refractivity contribution in [3.8, 4) is 0 Å². The van der Waals surface area contributed by atoms with Crippen molar-refractivity contribution in [3.63, 3.8) is 0 Å². The van der Waals surface area contributed by atoms with E-state index in [2.05, 4.69) is 13.8 Å². The summed E-state index contributed by atoms with van der Waals surface area (Å²) < 4.78 is 30.8. The van der Waals surface area contributed by atoms with E-state index in [1.807, 2.05) is 37.3 Å². The molecule has 2 N–H and O–H groups in total. The molecule has 1 heterocycles. The van der Waals surface area contributed by atoms with Gasteiger partial charge in [-0.25, -0.2) is 5.21 Å². The van der Waals surface area contributed by atoms with E-state index >= 15 is 0 Å². The van der Waals surface area contributed by atoms with Crippen LogP contribution in [0.1, 0.15) is 25.8 Å². The van der Waals surface area contributed by atoms with Crippen molar-refractivity contribution in [1.29, 1.82) is 0 Å². The van der Waals surface area contributed by atoms with Gasteiger partial charge in [-0.1, -0.05) is 35.9 Å². The lowest BCUT2D eigenvalue weighted by Gasteiger charge is -2.35. The van der Waals surface area contributed by atoms with Gasteiger partial charge >= 0.3 is 0 Å². The van der Waals surface area contributed by atoms with Crippen molar-refractivity contribution in [2.45, 2.75) is 32.1 Å². The molecule has 1 aliphatic rings. The maximum Gasteiger partial charge on any atom is 0.294 e. The molecule has 2 aromatic rings. The van der Waals surface area contributed by atoms with Crippen molar-refractivity contribution < 1.29 is 22.7 Å². The molecule has 1 atom stereocenters. The summed E-state index contributed by atoms with van der Waals surface area (Å²) in [6, 6.07) is 16.1. The number of rotatable bonds is 4. The average molecular weight is 423 g/mol. The van der Waals surface area contributed by atoms with E-state index in [4.69, 9.17) is 4.55 Å². The molecule has 1 fully saturated rings. The molecule has 0 bridgehead atoms. The number of hydrogen-bond donors (Lipinski definition) is 2. The molecule has 0 aromatic heterocycles. The Kier molecular flexibility index (Phi) is 7.96. The zero-order chi connectivity index (χ0) is 21.5. The van der Waals surface area contributed by atoms with E-state index < -0.39 is 10.1 Å². The van der Waals surface area contributed by atoms with Gasteiger partial charge in [-0.05, 0) is 32.9 Å². The standard InChI is InChI=1S/C15H26N2O.C7H8O3S/c1-3-16(4-2)11-8-12-17(18,14-13-16)15-9-6-5-7-10-15;1-6-2-4-7(5-3-6)11(8,9)10/h5-7,9-10,18H,3-4,8,11-14H2,1-2H3;2-5H,1H3,(H,8,9,10)/q+2;. The molecular weight excluding hydrogens is 388 g/mol. The second-order valence-electron chi connectivity index (χ2n) is 7.77. The Hall–Kier alpha value is -1.77. The highest BCUT2D eigenvalue weighted by Gasteiger charge is 2.38. The largest absolute Gasteiger partial charge is 0.319 e. The Morgan fingerprint density at radius 1 is 0.862 bits per heavy atom. The molecule has 6 nitrogen and oxygen atoms in total. The van der Waals surface area contributed by atoms with Crippen LogP contribution in [-0.2, 0) is 10.1 Å². The molecule has 160 valence electrons. The number of hydrogen-bond acceptors (Lipinski definition) is 3. The van der Waals surface area contributed by atoms with Crippen LogP contribution < -0.4 is 4.65 Å². The monoisotopic (exact) mass is 422 g/mol. The number of likely N-dealkylation sites (N-methyl/N-ethyl adjacent to an activating group) is 1. The molecule has 0 spiro atoms. The fourth-order valence-corrected chi connectivity index (χ4v) is 4.28. The Morgan fingerprint density at radius 2 is 1.45 bits per heavy atom. The van der Waals surface area contributed by atoms with Gasteiger partial charge in [0.15, 0.2) is 12.2 Å². The van der Waals surface area contributed by atoms with Gasteiger partial charge < -0.3 is 4.48 Å². The molecule has 2 aromatic carbocycles. The lowest BCUT2D eigenvalue weighted by Crippen LogP contribution is -2.53. The summed E-state index contributed by atoms with van der Waals surface area (Å²) in [5, 5.41) is 10.9. The van der Waals surface area contributed by atoms with E-state index in [9.17, 15) is 13.6 Å². The highest BCUT2D eigenvalue weighted by molar-refractivity contribution is 7.85. The highest BCUT2D eigenvalue weighted by atomic mass is 32.2. The predicted molar refractivity (Wildman–Crippen MR) is 116 cm³/mol. The van der Waals surface area contributed by atoms with Crippen LogP contribution in [0, 0.1) is 6.92 Å². The fourth-order valence-electron chi connectivity index (χ4n) is 3.80. The maximum atomic E-state index is 10.9. The smallest absolute Gasteiger partial charge is 0.294 e. The second-order valence-corrected chi connectivity index (χ2v) is 9.19. The number of nitrogens with zero attached hydrogens (tertiary/aromatic N) is 2. The third-order valence-electron chi connectivity index (χ3n) is 6.00. The minimum absolute atomic E-state index is 0.0666. The molecule has 1 saturated heterocycles.